The van der Waals surface area contributed by atoms with Crippen molar-refractivity contribution < 1.29 is 4.79 Å². The summed E-state index contributed by atoms with van der Waals surface area (Å²) in [5.41, 5.74) is 3.29. The second kappa shape index (κ2) is 9.99. The summed E-state index contributed by atoms with van der Waals surface area (Å²) in [5.74, 6) is 0.220. The van der Waals surface area contributed by atoms with Crippen molar-refractivity contribution in [2.45, 2.75) is 31.8 Å². The molecular weight excluding hydrogens is 445 g/mol. The molecule has 0 saturated carbocycles. The molecule has 0 bridgehead atoms. The molecule has 32 heavy (non-hydrogen) atoms. The quantitative estimate of drug-likeness (QED) is 0.674. The molecule has 8 heteroatoms. The van der Waals surface area contributed by atoms with E-state index in [0.29, 0.717) is 28.7 Å². The van der Waals surface area contributed by atoms with Crippen LogP contribution in [-0.2, 0) is 4.79 Å². The van der Waals surface area contributed by atoms with Crippen LogP contribution in [0.1, 0.15) is 36.9 Å². The summed E-state index contributed by atoms with van der Waals surface area (Å²) >= 11 is 12.4. The lowest BCUT2D eigenvalue weighted by molar-refractivity contribution is -0.133. The fourth-order valence-corrected chi connectivity index (χ4v) is 4.98. The number of nitrogens with one attached hydrogen (secondary N) is 2. The van der Waals surface area contributed by atoms with Crippen molar-refractivity contribution >= 4 is 40.5 Å². The number of hydrogen-bond donors (Lipinski definition) is 2. The summed E-state index contributed by atoms with van der Waals surface area (Å²) in [4.78, 5) is 16.9. The highest BCUT2D eigenvalue weighted by Gasteiger charge is 2.29. The van der Waals surface area contributed by atoms with Crippen molar-refractivity contribution in [2.75, 3.05) is 42.9 Å². The Labute approximate surface area is 199 Å². The largest absolute Gasteiger partial charge is 0.377 e. The Balaban J connectivity index is 1.45. The van der Waals surface area contributed by atoms with Gasteiger partial charge in [-0.25, -0.2) is 0 Å². The summed E-state index contributed by atoms with van der Waals surface area (Å²) in [5, 5.41) is 17.5. The summed E-state index contributed by atoms with van der Waals surface area (Å²) in [6.45, 7) is 5.87. The number of halogens is 2. The molecule has 0 spiro atoms. The van der Waals surface area contributed by atoms with Crippen LogP contribution in [-0.4, -0.2) is 49.6 Å². The maximum atomic E-state index is 12.7. The lowest BCUT2D eigenvalue weighted by Crippen LogP contribution is -2.53. The minimum atomic E-state index is -0.101. The smallest absolute Gasteiger partial charge is 0.239 e. The third kappa shape index (κ3) is 4.96. The predicted octanol–water partition coefficient (Wildman–Crippen LogP) is 4.44. The zero-order valence-electron chi connectivity index (χ0n) is 18.1. The van der Waals surface area contributed by atoms with Crippen LogP contribution in [0.5, 0.6) is 0 Å². The van der Waals surface area contributed by atoms with Gasteiger partial charge in [-0.05, 0) is 62.2 Å². The van der Waals surface area contributed by atoms with Crippen LogP contribution in [0.4, 0.5) is 11.4 Å². The van der Waals surface area contributed by atoms with E-state index >= 15 is 0 Å². The lowest BCUT2D eigenvalue weighted by atomic mass is 10.1. The number of benzene rings is 2. The zero-order valence-corrected chi connectivity index (χ0v) is 19.6. The van der Waals surface area contributed by atoms with E-state index < -0.39 is 0 Å². The second-order valence-electron chi connectivity index (χ2n) is 8.33. The molecular formula is C24H27Cl2N5O. The first kappa shape index (κ1) is 22.7. The molecule has 6 nitrogen and oxygen atoms in total. The number of carbonyl (C=O) groups excluding carboxylic acids is 1. The van der Waals surface area contributed by atoms with E-state index in [1.165, 1.54) is 0 Å². The van der Waals surface area contributed by atoms with Crippen molar-refractivity contribution in [3.8, 4) is 6.07 Å². The molecule has 1 amide bonds. The highest BCUT2D eigenvalue weighted by molar-refractivity contribution is 6.35. The van der Waals surface area contributed by atoms with Gasteiger partial charge in [-0.1, -0.05) is 29.3 Å². The Hall–Kier alpha value is -2.46. The molecule has 4 rings (SSSR count). The predicted molar refractivity (Wildman–Crippen MR) is 129 cm³/mol. The van der Waals surface area contributed by atoms with Gasteiger partial charge in [0.25, 0.3) is 0 Å². The van der Waals surface area contributed by atoms with Crippen LogP contribution in [0.25, 0.3) is 0 Å². The highest BCUT2D eigenvalue weighted by atomic mass is 35.5. The van der Waals surface area contributed by atoms with Crippen LogP contribution in [0.3, 0.4) is 0 Å². The monoisotopic (exact) mass is 471 g/mol. The van der Waals surface area contributed by atoms with Crippen LogP contribution < -0.4 is 15.5 Å². The zero-order chi connectivity index (χ0) is 22.7. The highest BCUT2D eigenvalue weighted by Crippen LogP contribution is 2.31. The van der Waals surface area contributed by atoms with Crippen molar-refractivity contribution in [3.05, 3.63) is 57.6 Å². The summed E-state index contributed by atoms with van der Waals surface area (Å²) < 4.78 is 0. The van der Waals surface area contributed by atoms with Gasteiger partial charge < -0.3 is 20.4 Å². The van der Waals surface area contributed by atoms with Crippen LogP contribution >= 0.6 is 23.2 Å². The van der Waals surface area contributed by atoms with Gasteiger partial charge in [0.15, 0.2) is 0 Å². The van der Waals surface area contributed by atoms with Gasteiger partial charge in [-0.2, -0.15) is 5.26 Å². The molecule has 2 aliphatic heterocycles. The first-order chi connectivity index (χ1) is 15.5. The molecule has 2 atom stereocenters. The van der Waals surface area contributed by atoms with Crippen LogP contribution in [0.15, 0.2) is 36.4 Å². The molecule has 0 aromatic heterocycles. The number of piperazine rings is 1. The number of nitriles is 1. The van der Waals surface area contributed by atoms with Gasteiger partial charge in [0.1, 0.15) is 6.07 Å². The first-order valence-electron chi connectivity index (χ1n) is 11.0. The molecule has 2 aliphatic rings. The Morgan fingerprint density at radius 3 is 2.62 bits per heavy atom. The third-order valence-electron chi connectivity index (χ3n) is 6.24. The molecule has 2 aromatic carbocycles. The minimum Gasteiger partial charge on any atom is -0.377 e. The van der Waals surface area contributed by atoms with Crippen molar-refractivity contribution in [3.63, 3.8) is 0 Å². The first-order valence-corrected chi connectivity index (χ1v) is 11.7. The van der Waals surface area contributed by atoms with E-state index in [4.69, 9.17) is 23.2 Å². The minimum absolute atomic E-state index is 0.0200. The molecule has 2 N–H and O–H groups in total. The Kier molecular flexibility index (Phi) is 7.10. The van der Waals surface area contributed by atoms with E-state index in [9.17, 15) is 10.1 Å². The van der Waals surface area contributed by atoms with Gasteiger partial charge in [0, 0.05) is 41.9 Å². The Bertz CT molecular complexity index is 1020. The standard InChI is InChI=1S/C24H27Cl2N5O/c1-16(20-7-5-18(25)13-21(20)26)29-23-14-19(6-4-17(23)15-27)30-9-11-31(12-10-30)24(32)22-3-2-8-28-22/h4-7,13-14,16,22,28-29H,2-3,8-12H2,1H3. The maximum Gasteiger partial charge on any atom is 0.239 e. The topological polar surface area (TPSA) is 71.4 Å². The molecule has 2 saturated heterocycles. The average molecular weight is 472 g/mol. The number of hydrogen-bond acceptors (Lipinski definition) is 5. The fraction of sp³-hybridized carbons (Fsp3) is 0.417. The fourth-order valence-electron chi connectivity index (χ4n) is 4.41. The van der Waals surface area contributed by atoms with Gasteiger partial charge in [0.2, 0.25) is 5.91 Å². The molecule has 0 radical (unpaired) electrons. The van der Waals surface area contributed by atoms with Crippen LogP contribution in [0, 0.1) is 11.3 Å². The Morgan fingerprint density at radius 2 is 1.97 bits per heavy atom. The Morgan fingerprint density at radius 1 is 1.19 bits per heavy atom. The number of nitrogens with zero attached hydrogens (tertiary/aromatic N) is 3. The summed E-state index contributed by atoms with van der Waals surface area (Å²) in [6.07, 6.45) is 2.00. The van der Waals surface area contributed by atoms with Crippen molar-refractivity contribution in [2.24, 2.45) is 0 Å². The molecule has 2 heterocycles. The van der Waals surface area contributed by atoms with Gasteiger partial charge >= 0.3 is 0 Å². The SMILES string of the molecule is CC(Nc1cc(N2CCN(C(=O)C3CCCN3)CC2)ccc1C#N)c1ccc(Cl)cc1Cl. The molecule has 2 unspecified atom stereocenters. The normalized spacial score (nSPS) is 19.5. The average Bonchev–Trinajstić information content (AvgIpc) is 3.33. The van der Waals surface area contributed by atoms with E-state index in [0.717, 1.165) is 49.4 Å². The molecule has 2 aromatic rings. The lowest BCUT2D eigenvalue weighted by Gasteiger charge is -2.37. The van der Waals surface area contributed by atoms with Crippen molar-refractivity contribution in [1.82, 2.24) is 10.2 Å². The number of amides is 1. The molecule has 168 valence electrons. The van der Waals surface area contributed by atoms with Gasteiger partial charge in [-0.3, -0.25) is 4.79 Å². The van der Waals surface area contributed by atoms with E-state index in [-0.39, 0.29) is 18.0 Å². The van der Waals surface area contributed by atoms with E-state index in [2.05, 4.69) is 21.6 Å². The molecule has 2 fully saturated rings. The number of anilines is 2. The van der Waals surface area contributed by atoms with Gasteiger partial charge in [-0.15, -0.1) is 0 Å². The third-order valence-corrected chi connectivity index (χ3v) is 6.80. The second-order valence-corrected chi connectivity index (χ2v) is 9.18. The van der Waals surface area contributed by atoms with Crippen LogP contribution in [0.2, 0.25) is 10.0 Å². The summed E-state index contributed by atoms with van der Waals surface area (Å²) in [6, 6.07) is 13.4. The van der Waals surface area contributed by atoms with Crippen molar-refractivity contribution in [1.29, 1.82) is 5.26 Å². The van der Waals surface area contributed by atoms with Gasteiger partial charge in [0.05, 0.1) is 23.3 Å². The maximum absolute atomic E-state index is 12.7. The summed E-state index contributed by atoms with van der Waals surface area (Å²) in [7, 11) is 0. The number of rotatable bonds is 5. The molecule has 0 aliphatic carbocycles. The number of carbonyl (C=O) groups is 1. The van der Waals surface area contributed by atoms with E-state index in [1.807, 2.05) is 42.2 Å². The van der Waals surface area contributed by atoms with E-state index in [1.54, 1.807) is 6.07 Å².